The van der Waals surface area contributed by atoms with E-state index in [4.69, 9.17) is 5.73 Å². The van der Waals surface area contributed by atoms with Crippen LogP contribution in [0.1, 0.15) is 28.3 Å². The molecule has 0 heterocycles. The quantitative estimate of drug-likeness (QED) is 0.821. The summed E-state index contributed by atoms with van der Waals surface area (Å²) in [7, 11) is 0. The second-order valence-corrected chi connectivity index (χ2v) is 4.63. The van der Waals surface area contributed by atoms with Crippen LogP contribution >= 0.6 is 0 Å². The van der Waals surface area contributed by atoms with Gasteiger partial charge in [-0.1, -0.05) is 35.9 Å². The Morgan fingerprint density at radius 3 is 2.00 bits per heavy atom. The lowest BCUT2D eigenvalue weighted by atomic mass is 9.97. The minimum absolute atomic E-state index is 0.305. The minimum atomic E-state index is -4.70. The SMILES string of the molecule is Cc1ccc(C(N)c2ccc(C(F)(F)F)c(F)c2)cc1. The van der Waals surface area contributed by atoms with Crippen LogP contribution in [0.3, 0.4) is 0 Å². The summed E-state index contributed by atoms with van der Waals surface area (Å²) in [6.45, 7) is 1.91. The lowest BCUT2D eigenvalue weighted by molar-refractivity contribution is -0.140. The number of hydrogen-bond acceptors (Lipinski definition) is 1. The Balaban J connectivity index is 2.34. The Morgan fingerprint density at radius 1 is 0.950 bits per heavy atom. The third-order valence-electron chi connectivity index (χ3n) is 3.09. The van der Waals surface area contributed by atoms with Crippen LogP contribution in [0.4, 0.5) is 17.6 Å². The van der Waals surface area contributed by atoms with Crippen LogP contribution in [-0.4, -0.2) is 0 Å². The fourth-order valence-corrected chi connectivity index (χ4v) is 1.92. The minimum Gasteiger partial charge on any atom is -0.320 e. The van der Waals surface area contributed by atoms with E-state index in [2.05, 4.69) is 0 Å². The van der Waals surface area contributed by atoms with E-state index in [1.54, 1.807) is 12.1 Å². The molecule has 1 unspecified atom stereocenters. The van der Waals surface area contributed by atoms with Crippen molar-refractivity contribution >= 4 is 0 Å². The average Bonchev–Trinajstić information content (AvgIpc) is 2.37. The van der Waals surface area contributed by atoms with Crippen molar-refractivity contribution in [3.05, 3.63) is 70.5 Å². The predicted octanol–water partition coefficient (Wildman–Crippen LogP) is 4.20. The van der Waals surface area contributed by atoms with Crippen LogP contribution in [0.5, 0.6) is 0 Å². The zero-order valence-electron chi connectivity index (χ0n) is 10.7. The molecule has 0 aromatic heterocycles. The molecule has 106 valence electrons. The van der Waals surface area contributed by atoms with E-state index in [0.29, 0.717) is 5.56 Å². The molecule has 0 aliphatic rings. The number of benzene rings is 2. The molecule has 0 spiro atoms. The molecule has 0 amide bonds. The average molecular weight is 283 g/mol. The van der Waals surface area contributed by atoms with E-state index in [0.717, 1.165) is 23.3 Å². The molecule has 0 radical (unpaired) electrons. The molecule has 0 aliphatic heterocycles. The number of alkyl halides is 3. The molecule has 2 aromatic carbocycles. The Morgan fingerprint density at radius 2 is 1.50 bits per heavy atom. The second kappa shape index (κ2) is 5.25. The Hall–Kier alpha value is -1.88. The summed E-state index contributed by atoms with van der Waals surface area (Å²) in [5, 5.41) is 0. The summed E-state index contributed by atoms with van der Waals surface area (Å²) in [5.41, 5.74) is 6.73. The maximum Gasteiger partial charge on any atom is 0.419 e. The van der Waals surface area contributed by atoms with Crippen LogP contribution in [0.25, 0.3) is 0 Å². The smallest absolute Gasteiger partial charge is 0.320 e. The summed E-state index contributed by atoms with van der Waals surface area (Å²) in [6, 6.07) is 9.34. The highest BCUT2D eigenvalue weighted by Gasteiger charge is 2.34. The number of hydrogen-bond donors (Lipinski definition) is 1. The van der Waals surface area contributed by atoms with Crippen LogP contribution in [-0.2, 0) is 6.18 Å². The monoisotopic (exact) mass is 283 g/mol. The predicted molar refractivity (Wildman–Crippen MR) is 68.6 cm³/mol. The van der Waals surface area contributed by atoms with Crippen LogP contribution < -0.4 is 5.73 Å². The van der Waals surface area contributed by atoms with Gasteiger partial charge in [-0.15, -0.1) is 0 Å². The van der Waals surface area contributed by atoms with Crippen LogP contribution in [0.2, 0.25) is 0 Å². The van der Waals surface area contributed by atoms with Crippen molar-refractivity contribution in [3.63, 3.8) is 0 Å². The van der Waals surface area contributed by atoms with Gasteiger partial charge in [0.1, 0.15) is 5.82 Å². The van der Waals surface area contributed by atoms with Gasteiger partial charge in [0, 0.05) is 0 Å². The topological polar surface area (TPSA) is 26.0 Å². The highest BCUT2D eigenvalue weighted by molar-refractivity contribution is 5.35. The largest absolute Gasteiger partial charge is 0.419 e. The van der Waals surface area contributed by atoms with E-state index in [9.17, 15) is 17.6 Å². The molecule has 0 fully saturated rings. The Kier molecular flexibility index (Phi) is 3.81. The third-order valence-corrected chi connectivity index (χ3v) is 3.09. The van der Waals surface area contributed by atoms with Crippen LogP contribution in [0.15, 0.2) is 42.5 Å². The van der Waals surface area contributed by atoms with E-state index in [-0.39, 0.29) is 0 Å². The number of nitrogens with two attached hydrogens (primary N) is 1. The molecule has 2 aromatic rings. The molecule has 0 saturated heterocycles. The van der Waals surface area contributed by atoms with Gasteiger partial charge in [0.05, 0.1) is 11.6 Å². The standard InChI is InChI=1S/C15H13F4N/c1-9-2-4-10(5-3-9)14(20)11-6-7-12(13(16)8-11)15(17,18)19/h2-8,14H,20H2,1H3. The maximum atomic E-state index is 13.5. The zero-order valence-corrected chi connectivity index (χ0v) is 10.7. The van der Waals surface area contributed by atoms with Crippen molar-refractivity contribution in [1.29, 1.82) is 0 Å². The molecule has 1 nitrogen and oxygen atoms in total. The van der Waals surface area contributed by atoms with E-state index in [1.165, 1.54) is 6.07 Å². The molecule has 5 heteroatoms. The summed E-state index contributed by atoms with van der Waals surface area (Å²) in [4.78, 5) is 0. The lowest BCUT2D eigenvalue weighted by Crippen LogP contribution is -2.14. The molecule has 2 N–H and O–H groups in total. The van der Waals surface area contributed by atoms with Crippen molar-refractivity contribution in [2.24, 2.45) is 5.73 Å². The lowest BCUT2D eigenvalue weighted by Gasteiger charge is -2.15. The summed E-state index contributed by atoms with van der Waals surface area (Å²) in [6.07, 6.45) is -4.70. The van der Waals surface area contributed by atoms with Crippen molar-refractivity contribution < 1.29 is 17.6 Å². The number of rotatable bonds is 2. The van der Waals surface area contributed by atoms with Gasteiger partial charge in [-0.2, -0.15) is 13.2 Å². The van der Waals surface area contributed by atoms with E-state index < -0.39 is 23.6 Å². The highest BCUT2D eigenvalue weighted by Crippen LogP contribution is 2.33. The fourth-order valence-electron chi connectivity index (χ4n) is 1.92. The first kappa shape index (κ1) is 14.5. The molecule has 20 heavy (non-hydrogen) atoms. The molecule has 0 saturated carbocycles. The first-order valence-electron chi connectivity index (χ1n) is 5.98. The summed E-state index contributed by atoms with van der Waals surface area (Å²) in [5.74, 6) is -1.31. The van der Waals surface area contributed by atoms with E-state index >= 15 is 0 Å². The van der Waals surface area contributed by atoms with Gasteiger partial charge in [0.2, 0.25) is 0 Å². The molecule has 1 atom stereocenters. The third kappa shape index (κ3) is 2.99. The maximum absolute atomic E-state index is 13.5. The van der Waals surface area contributed by atoms with Gasteiger partial charge in [-0.05, 0) is 30.2 Å². The van der Waals surface area contributed by atoms with Gasteiger partial charge in [-0.3, -0.25) is 0 Å². The zero-order chi connectivity index (χ0) is 14.9. The highest BCUT2D eigenvalue weighted by atomic mass is 19.4. The van der Waals surface area contributed by atoms with Crippen molar-refractivity contribution in [3.8, 4) is 0 Å². The second-order valence-electron chi connectivity index (χ2n) is 4.63. The summed E-state index contributed by atoms with van der Waals surface area (Å²) < 4.78 is 50.9. The van der Waals surface area contributed by atoms with Gasteiger partial charge in [-0.25, -0.2) is 4.39 Å². The molecule has 2 rings (SSSR count). The van der Waals surface area contributed by atoms with Crippen molar-refractivity contribution in [1.82, 2.24) is 0 Å². The fraction of sp³-hybridized carbons (Fsp3) is 0.200. The van der Waals surface area contributed by atoms with Gasteiger partial charge in [0.15, 0.2) is 0 Å². The van der Waals surface area contributed by atoms with Gasteiger partial charge in [0.25, 0.3) is 0 Å². The first-order chi connectivity index (χ1) is 9.29. The molecular weight excluding hydrogens is 270 g/mol. The molecular formula is C15H13F4N. The van der Waals surface area contributed by atoms with Crippen molar-refractivity contribution in [2.45, 2.75) is 19.1 Å². The van der Waals surface area contributed by atoms with Gasteiger partial charge >= 0.3 is 6.18 Å². The Labute approximate surface area is 114 Å². The van der Waals surface area contributed by atoms with E-state index in [1.807, 2.05) is 19.1 Å². The van der Waals surface area contributed by atoms with Gasteiger partial charge < -0.3 is 5.73 Å². The number of aryl methyl sites for hydroxylation is 1. The first-order valence-corrected chi connectivity index (χ1v) is 5.98. The van der Waals surface area contributed by atoms with Crippen molar-refractivity contribution in [2.75, 3.05) is 0 Å². The number of halogens is 4. The Bertz CT molecular complexity index is 602. The van der Waals surface area contributed by atoms with Crippen LogP contribution in [0, 0.1) is 12.7 Å². The normalized spacial score (nSPS) is 13.3. The molecule has 0 aliphatic carbocycles. The summed E-state index contributed by atoms with van der Waals surface area (Å²) >= 11 is 0. The molecule has 0 bridgehead atoms.